The summed E-state index contributed by atoms with van der Waals surface area (Å²) in [5.41, 5.74) is 1.74. The smallest absolute Gasteiger partial charge is 0.254 e. The Morgan fingerprint density at radius 1 is 1.40 bits per heavy atom. The van der Waals surface area contributed by atoms with Gasteiger partial charge in [0.2, 0.25) is 0 Å². The van der Waals surface area contributed by atoms with Crippen LogP contribution in [-0.2, 0) is 4.74 Å². The minimum Gasteiger partial charge on any atom is -0.379 e. The number of carbonyl (C=O) groups is 1. The van der Waals surface area contributed by atoms with E-state index in [1.165, 1.54) is 12.8 Å². The minimum atomic E-state index is 0.0465. The summed E-state index contributed by atoms with van der Waals surface area (Å²) in [5.74, 6) is 0.815. The highest BCUT2D eigenvalue weighted by atomic mass is 16.5. The number of hydrogen-bond donors (Lipinski definition) is 1. The van der Waals surface area contributed by atoms with Gasteiger partial charge in [-0.25, -0.2) is 0 Å². The van der Waals surface area contributed by atoms with Crippen LogP contribution in [0.4, 0.5) is 0 Å². The Bertz CT molecular complexity index is 601. The normalized spacial score (nSPS) is 14.7. The monoisotopic (exact) mass is 272 g/mol. The van der Waals surface area contributed by atoms with Crippen LogP contribution in [0.25, 0.3) is 10.9 Å². The number of aromatic amines is 1. The number of carbonyl (C=O) groups excluding carboxylic acids is 1. The van der Waals surface area contributed by atoms with Crippen molar-refractivity contribution >= 4 is 16.8 Å². The van der Waals surface area contributed by atoms with Crippen LogP contribution < -0.4 is 0 Å². The summed E-state index contributed by atoms with van der Waals surface area (Å²) < 4.78 is 5.59. The Balaban J connectivity index is 1.60. The predicted octanol–water partition coefficient (Wildman–Crippen LogP) is 2.67. The van der Waals surface area contributed by atoms with Gasteiger partial charge < -0.3 is 14.6 Å². The fraction of sp³-hybridized carbons (Fsp3) is 0.438. The number of ether oxygens (including phenoxy) is 1. The lowest BCUT2D eigenvalue weighted by Gasteiger charge is -2.17. The summed E-state index contributed by atoms with van der Waals surface area (Å²) in [6, 6.07) is 7.70. The van der Waals surface area contributed by atoms with Crippen molar-refractivity contribution in [3.05, 3.63) is 36.0 Å². The van der Waals surface area contributed by atoms with Crippen molar-refractivity contribution in [1.82, 2.24) is 9.88 Å². The summed E-state index contributed by atoms with van der Waals surface area (Å²) in [5, 5.41) is 0.975. The second-order valence-corrected chi connectivity index (χ2v) is 5.49. The van der Waals surface area contributed by atoms with Crippen LogP contribution in [0.1, 0.15) is 23.2 Å². The number of rotatable bonds is 6. The van der Waals surface area contributed by atoms with Crippen molar-refractivity contribution < 1.29 is 9.53 Å². The van der Waals surface area contributed by atoms with Gasteiger partial charge in [-0.1, -0.05) is 6.07 Å². The maximum atomic E-state index is 12.5. The molecule has 0 radical (unpaired) electrons. The lowest BCUT2D eigenvalue weighted by Crippen LogP contribution is -2.30. The van der Waals surface area contributed by atoms with Crippen molar-refractivity contribution in [3.8, 4) is 0 Å². The van der Waals surface area contributed by atoms with Crippen molar-refractivity contribution in [2.24, 2.45) is 5.92 Å². The van der Waals surface area contributed by atoms with Gasteiger partial charge in [-0.05, 0) is 37.0 Å². The molecule has 4 nitrogen and oxygen atoms in total. The molecule has 1 fully saturated rings. The summed E-state index contributed by atoms with van der Waals surface area (Å²) in [4.78, 5) is 17.3. The first-order chi connectivity index (χ1) is 9.75. The third kappa shape index (κ3) is 2.85. The van der Waals surface area contributed by atoms with Crippen LogP contribution in [0.3, 0.4) is 0 Å². The van der Waals surface area contributed by atoms with Gasteiger partial charge in [0.15, 0.2) is 0 Å². The fourth-order valence-corrected chi connectivity index (χ4v) is 2.32. The molecule has 1 aromatic carbocycles. The number of nitrogens with zero attached hydrogens (tertiary/aromatic N) is 1. The largest absolute Gasteiger partial charge is 0.379 e. The molecule has 20 heavy (non-hydrogen) atoms. The molecule has 1 heterocycles. The molecule has 1 saturated carbocycles. The highest BCUT2D eigenvalue weighted by molar-refractivity contribution is 6.06. The topological polar surface area (TPSA) is 45.3 Å². The Hall–Kier alpha value is -1.81. The van der Waals surface area contributed by atoms with Crippen molar-refractivity contribution in [1.29, 1.82) is 0 Å². The number of hydrogen-bond acceptors (Lipinski definition) is 2. The van der Waals surface area contributed by atoms with E-state index in [2.05, 4.69) is 4.98 Å². The van der Waals surface area contributed by atoms with Gasteiger partial charge in [-0.3, -0.25) is 4.79 Å². The first-order valence-electron chi connectivity index (χ1n) is 7.15. The number of nitrogens with one attached hydrogen (secondary N) is 1. The SMILES string of the molecule is CN(CCOCC1CC1)C(=O)c1cccc2[nH]ccc12. The average molecular weight is 272 g/mol. The zero-order valence-corrected chi connectivity index (χ0v) is 11.8. The Labute approximate surface area is 118 Å². The van der Waals surface area contributed by atoms with Gasteiger partial charge in [-0.2, -0.15) is 0 Å². The number of likely N-dealkylation sites (N-methyl/N-ethyl adjacent to an activating group) is 1. The molecule has 2 aromatic rings. The predicted molar refractivity (Wildman–Crippen MR) is 78.8 cm³/mol. The number of fused-ring (bicyclic) bond motifs is 1. The minimum absolute atomic E-state index is 0.0465. The third-order valence-corrected chi connectivity index (χ3v) is 3.79. The van der Waals surface area contributed by atoms with Crippen molar-refractivity contribution in [2.75, 3.05) is 26.8 Å². The summed E-state index contributed by atoms with van der Waals surface area (Å²) in [6.07, 6.45) is 4.45. The maximum absolute atomic E-state index is 12.5. The second kappa shape index (κ2) is 5.67. The third-order valence-electron chi connectivity index (χ3n) is 3.79. The van der Waals surface area contributed by atoms with Gasteiger partial charge in [0, 0.05) is 42.9 Å². The number of aromatic nitrogens is 1. The molecular weight excluding hydrogens is 252 g/mol. The first-order valence-corrected chi connectivity index (χ1v) is 7.15. The maximum Gasteiger partial charge on any atom is 0.254 e. The number of benzene rings is 1. The lowest BCUT2D eigenvalue weighted by molar-refractivity contribution is 0.0683. The number of H-pyrrole nitrogens is 1. The Kier molecular flexibility index (Phi) is 3.74. The molecule has 0 spiro atoms. The molecule has 0 aliphatic heterocycles. The number of amides is 1. The highest BCUT2D eigenvalue weighted by Gasteiger charge is 2.21. The molecule has 0 atom stereocenters. The van der Waals surface area contributed by atoms with Gasteiger partial charge >= 0.3 is 0 Å². The van der Waals surface area contributed by atoms with E-state index in [4.69, 9.17) is 4.74 Å². The van der Waals surface area contributed by atoms with Crippen LogP contribution in [-0.4, -0.2) is 42.6 Å². The van der Waals surface area contributed by atoms with E-state index in [9.17, 15) is 4.79 Å². The van der Waals surface area contributed by atoms with E-state index in [-0.39, 0.29) is 5.91 Å². The van der Waals surface area contributed by atoms with Crippen LogP contribution in [0.2, 0.25) is 0 Å². The molecule has 1 amide bonds. The van der Waals surface area contributed by atoms with Crippen LogP contribution in [0.15, 0.2) is 30.5 Å². The molecule has 3 rings (SSSR count). The average Bonchev–Trinajstić information content (AvgIpc) is 3.16. The summed E-state index contributed by atoms with van der Waals surface area (Å²) >= 11 is 0. The summed E-state index contributed by atoms with van der Waals surface area (Å²) in [7, 11) is 1.83. The van der Waals surface area contributed by atoms with E-state index in [1.807, 2.05) is 37.5 Å². The van der Waals surface area contributed by atoms with Crippen molar-refractivity contribution in [3.63, 3.8) is 0 Å². The zero-order valence-electron chi connectivity index (χ0n) is 11.8. The van der Waals surface area contributed by atoms with E-state index in [0.29, 0.717) is 13.2 Å². The van der Waals surface area contributed by atoms with Crippen LogP contribution >= 0.6 is 0 Å². The molecule has 1 aliphatic rings. The van der Waals surface area contributed by atoms with Gasteiger partial charge in [0.25, 0.3) is 5.91 Å². The van der Waals surface area contributed by atoms with Gasteiger partial charge in [0.05, 0.1) is 6.61 Å². The Morgan fingerprint density at radius 3 is 3.05 bits per heavy atom. The lowest BCUT2D eigenvalue weighted by atomic mass is 10.1. The van der Waals surface area contributed by atoms with E-state index >= 15 is 0 Å². The summed E-state index contributed by atoms with van der Waals surface area (Å²) in [6.45, 7) is 2.09. The Morgan fingerprint density at radius 2 is 2.25 bits per heavy atom. The van der Waals surface area contributed by atoms with E-state index in [1.54, 1.807) is 4.90 Å². The molecule has 1 aliphatic carbocycles. The van der Waals surface area contributed by atoms with Gasteiger partial charge in [0.1, 0.15) is 0 Å². The first kappa shape index (κ1) is 13.2. The molecule has 106 valence electrons. The molecular formula is C16H20N2O2. The van der Waals surface area contributed by atoms with Crippen molar-refractivity contribution in [2.45, 2.75) is 12.8 Å². The van der Waals surface area contributed by atoms with E-state index < -0.39 is 0 Å². The van der Waals surface area contributed by atoms with Gasteiger partial charge in [-0.15, -0.1) is 0 Å². The zero-order chi connectivity index (χ0) is 13.9. The highest BCUT2D eigenvalue weighted by Crippen LogP contribution is 2.28. The van der Waals surface area contributed by atoms with Crippen LogP contribution in [0.5, 0.6) is 0 Å². The second-order valence-electron chi connectivity index (χ2n) is 5.49. The molecule has 1 N–H and O–H groups in total. The molecule has 0 unspecified atom stereocenters. The molecule has 4 heteroatoms. The fourth-order valence-electron chi connectivity index (χ4n) is 2.32. The molecule has 0 saturated heterocycles. The van der Waals surface area contributed by atoms with E-state index in [0.717, 1.165) is 29.0 Å². The molecule has 1 aromatic heterocycles. The quantitative estimate of drug-likeness (QED) is 0.822. The van der Waals surface area contributed by atoms with Crippen LogP contribution in [0, 0.1) is 5.92 Å². The standard InChI is InChI=1S/C16H20N2O2/c1-18(9-10-20-11-12-5-6-12)16(19)14-3-2-4-15-13(14)7-8-17-15/h2-4,7-8,12,17H,5-6,9-11H2,1H3. The molecule has 0 bridgehead atoms.